The standard InChI is InChI=1S/C20H20ClN3O.2ClH/c1-3-13(2)23-12-14-10-16(5-7-20(14)25)24-18-8-9-22-19-11-15(21)4-6-17(18)19;;/h3-11,13,23,25H,1,12H2,2H3,(H,22,24);2*1H. The largest absolute Gasteiger partial charge is 0.508 e. The number of pyridine rings is 1. The van der Waals surface area contributed by atoms with E-state index in [4.69, 9.17) is 11.6 Å². The Balaban J connectivity index is 0.00000182. The Morgan fingerprint density at radius 1 is 1.19 bits per heavy atom. The predicted molar refractivity (Wildman–Crippen MR) is 119 cm³/mol. The Bertz CT molecular complexity index is 918. The second kappa shape index (κ2) is 10.4. The summed E-state index contributed by atoms with van der Waals surface area (Å²) in [6.45, 7) is 6.32. The van der Waals surface area contributed by atoms with Gasteiger partial charge in [0.15, 0.2) is 0 Å². The van der Waals surface area contributed by atoms with Crippen molar-refractivity contribution in [2.24, 2.45) is 0 Å². The maximum Gasteiger partial charge on any atom is 0.120 e. The lowest BCUT2D eigenvalue weighted by molar-refractivity contribution is 0.463. The zero-order chi connectivity index (χ0) is 17.8. The first kappa shape index (κ1) is 23.1. The fourth-order valence-corrected chi connectivity index (χ4v) is 2.71. The molecule has 2 aromatic carbocycles. The lowest BCUT2D eigenvalue weighted by atomic mass is 10.1. The van der Waals surface area contributed by atoms with Gasteiger partial charge >= 0.3 is 0 Å². The van der Waals surface area contributed by atoms with Gasteiger partial charge in [0.25, 0.3) is 0 Å². The number of aromatic hydroxyl groups is 1. The molecule has 0 aliphatic rings. The third-order valence-electron chi connectivity index (χ3n) is 4.03. The average molecular weight is 427 g/mol. The van der Waals surface area contributed by atoms with Gasteiger partial charge in [-0.15, -0.1) is 31.4 Å². The predicted octanol–water partition coefficient (Wildman–Crippen LogP) is 5.85. The van der Waals surface area contributed by atoms with Crippen LogP contribution >= 0.6 is 36.4 Å². The molecule has 0 aliphatic heterocycles. The Morgan fingerprint density at radius 3 is 2.70 bits per heavy atom. The number of nitrogens with one attached hydrogen (secondary N) is 2. The first-order valence-corrected chi connectivity index (χ1v) is 8.44. The monoisotopic (exact) mass is 425 g/mol. The van der Waals surface area contributed by atoms with Gasteiger partial charge in [0.1, 0.15) is 5.75 Å². The Morgan fingerprint density at radius 2 is 1.96 bits per heavy atom. The molecule has 1 unspecified atom stereocenters. The molecule has 3 rings (SSSR count). The van der Waals surface area contributed by atoms with E-state index in [0.717, 1.165) is 27.8 Å². The first-order valence-electron chi connectivity index (χ1n) is 8.06. The fourth-order valence-electron chi connectivity index (χ4n) is 2.54. The summed E-state index contributed by atoms with van der Waals surface area (Å²) in [6.07, 6.45) is 3.57. The zero-order valence-electron chi connectivity index (χ0n) is 14.8. The third-order valence-corrected chi connectivity index (χ3v) is 4.27. The van der Waals surface area contributed by atoms with Crippen molar-refractivity contribution in [2.75, 3.05) is 5.32 Å². The van der Waals surface area contributed by atoms with Crippen LogP contribution in [0.4, 0.5) is 11.4 Å². The van der Waals surface area contributed by atoms with Crippen LogP contribution < -0.4 is 10.6 Å². The van der Waals surface area contributed by atoms with Crippen LogP contribution in [0.3, 0.4) is 0 Å². The molecule has 144 valence electrons. The molecule has 4 nitrogen and oxygen atoms in total. The van der Waals surface area contributed by atoms with Crippen molar-refractivity contribution in [3.05, 3.63) is 71.9 Å². The van der Waals surface area contributed by atoms with Crippen molar-refractivity contribution < 1.29 is 5.11 Å². The number of hydrogen-bond acceptors (Lipinski definition) is 4. The lowest BCUT2D eigenvalue weighted by Gasteiger charge is -2.14. The third kappa shape index (κ3) is 5.75. The van der Waals surface area contributed by atoms with E-state index < -0.39 is 0 Å². The maximum absolute atomic E-state index is 10.1. The van der Waals surface area contributed by atoms with Gasteiger partial charge in [0.2, 0.25) is 0 Å². The minimum absolute atomic E-state index is 0. The molecule has 27 heavy (non-hydrogen) atoms. The number of phenols is 1. The molecule has 0 radical (unpaired) electrons. The number of aromatic nitrogens is 1. The van der Waals surface area contributed by atoms with E-state index in [1.165, 1.54) is 0 Å². The summed E-state index contributed by atoms with van der Waals surface area (Å²) in [5, 5.41) is 18.4. The van der Waals surface area contributed by atoms with Crippen molar-refractivity contribution in [1.29, 1.82) is 0 Å². The smallest absolute Gasteiger partial charge is 0.120 e. The molecule has 0 fully saturated rings. The molecule has 3 aromatic rings. The van der Waals surface area contributed by atoms with E-state index in [2.05, 4.69) is 22.2 Å². The number of anilines is 2. The topological polar surface area (TPSA) is 57.2 Å². The molecule has 0 amide bonds. The number of hydrogen-bond donors (Lipinski definition) is 3. The summed E-state index contributed by atoms with van der Waals surface area (Å²) in [5.74, 6) is 0.265. The van der Waals surface area contributed by atoms with Crippen molar-refractivity contribution >= 4 is 58.7 Å². The molecule has 1 atom stereocenters. The van der Waals surface area contributed by atoms with Crippen LogP contribution in [0.25, 0.3) is 10.9 Å². The van der Waals surface area contributed by atoms with Gasteiger partial charge in [-0.05, 0) is 49.4 Å². The molecule has 0 aliphatic carbocycles. The normalized spacial score (nSPS) is 11.2. The van der Waals surface area contributed by atoms with Crippen LogP contribution in [0, 0.1) is 0 Å². The van der Waals surface area contributed by atoms with Crippen LogP contribution in [-0.2, 0) is 6.54 Å². The Hall–Kier alpha value is -1.98. The highest BCUT2D eigenvalue weighted by Crippen LogP contribution is 2.29. The van der Waals surface area contributed by atoms with Crippen LogP contribution in [-0.4, -0.2) is 16.1 Å². The van der Waals surface area contributed by atoms with Crippen LogP contribution in [0.5, 0.6) is 5.75 Å². The quantitative estimate of drug-likeness (QED) is 0.342. The van der Waals surface area contributed by atoms with E-state index in [0.29, 0.717) is 11.6 Å². The summed E-state index contributed by atoms with van der Waals surface area (Å²) < 4.78 is 0. The Kier molecular flexibility index (Phi) is 8.86. The lowest BCUT2D eigenvalue weighted by Crippen LogP contribution is -2.22. The first-order chi connectivity index (χ1) is 12.1. The summed E-state index contributed by atoms with van der Waals surface area (Å²) in [5.41, 5.74) is 3.48. The van der Waals surface area contributed by atoms with Gasteiger partial charge in [-0.3, -0.25) is 4.98 Å². The molecule has 1 aromatic heterocycles. The SMILES string of the molecule is C=CC(C)NCc1cc(Nc2ccnc3cc(Cl)ccc23)ccc1O.Cl.Cl. The van der Waals surface area contributed by atoms with Crippen LogP contribution in [0.2, 0.25) is 5.02 Å². The molecule has 1 heterocycles. The van der Waals surface area contributed by atoms with Crippen molar-refractivity contribution in [2.45, 2.75) is 19.5 Å². The van der Waals surface area contributed by atoms with E-state index in [1.54, 1.807) is 12.3 Å². The van der Waals surface area contributed by atoms with Gasteiger partial charge < -0.3 is 15.7 Å². The fraction of sp³-hybridized carbons (Fsp3) is 0.150. The van der Waals surface area contributed by atoms with E-state index in [-0.39, 0.29) is 36.6 Å². The second-order valence-corrected chi connectivity index (χ2v) is 6.33. The highest BCUT2D eigenvalue weighted by molar-refractivity contribution is 6.31. The van der Waals surface area contributed by atoms with Gasteiger partial charge in [0.05, 0.1) is 5.52 Å². The van der Waals surface area contributed by atoms with Crippen molar-refractivity contribution in [3.8, 4) is 5.75 Å². The highest BCUT2D eigenvalue weighted by Gasteiger charge is 2.07. The van der Waals surface area contributed by atoms with Crippen LogP contribution in [0.15, 0.2) is 61.3 Å². The summed E-state index contributed by atoms with van der Waals surface area (Å²) in [4.78, 5) is 4.35. The van der Waals surface area contributed by atoms with E-state index >= 15 is 0 Å². The minimum atomic E-state index is 0. The van der Waals surface area contributed by atoms with Gasteiger partial charge in [-0.25, -0.2) is 0 Å². The molecule has 7 heteroatoms. The number of benzene rings is 2. The van der Waals surface area contributed by atoms with Crippen molar-refractivity contribution in [3.63, 3.8) is 0 Å². The zero-order valence-corrected chi connectivity index (χ0v) is 17.2. The Labute approximate surface area is 176 Å². The second-order valence-electron chi connectivity index (χ2n) is 5.89. The number of nitrogens with zero attached hydrogens (tertiary/aromatic N) is 1. The molecule has 3 N–H and O–H groups in total. The number of halogens is 3. The maximum atomic E-state index is 10.1. The molecule has 0 spiro atoms. The van der Waals surface area contributed by atoms with Gasteiger partial charge in [-0.2, -0.15) is 0 Å². The van der Waals surface area contributed by atoms with Gasteiger partial charge in [0, 0.05) is 46.1 Å². The van der Waals surface area contributed by atoms with Crippen molar-refractivity contribution in [1.82, 2.24) is 10.3 Å². The molecular weight excluding hydrogens is 405 g/mol. The molecule has 0 saturated carbocycles. The average Bonchev–Trinajstić information content (AvgIpc) is 2.61. The number of rotatable bonds is 6. The van der Waals surface area contributed by atoms with Crippen LogP contribution in [0.1, 0.15) is 12.5 Å². The van der Waals surface area contributed by atoms with E-state index in [1.807, 2.05) is 49.4 Å². The number of phenolic OH excluding ortho intramolecular Hbond substituents is 1. The molecular formula is C20H22Cl3N3O. The summed E-state index contributed by atoms with van der Waals surface area (Å²) in [6, 6.07) is 13.2. The number of fused-ring (bicyclic) bond motifs is 1. The summed E-state index contributed by atoms with van der Waals surface area (Å²) >= 11 is 6.04. The highest BCUT2D eigenvalue weighted by atomic mass is 35.5. The molecule has 0 saturated heterocycles. The summed E-state index contributed by atoms with van der Waals surface area (Å²) in [7, 11) is 0. The minimum Gasteiger partial charge on any atom is -0.508 e. The van der Waals surface area contributed by atoms with E-state index in [9.17, 15) is 5.11 Å². The molecule has 0 bridgehead atoms. The van der Waals surface area contributed by atoms with Gasteiger partial charge in [-0.1, -0.05) is 17.7 Å².